The minimum absolute atomic E-state index is 0.116. The van der Waals surface area contributed by atoms with E-state index in [1.165, 1.54) is 12.0 Å². The summed E-state index contributed by atoms with van der Waals surface area (Å²) in [5.74, 6) is -0.816. The number of nitrogens with two attached hydrogens (primary N) is 1. The van der Waals surface area contributed by atoms with Crippen molar-refractivity contribution >= 4 is 17.9 Å². The molecule has 20 heavy (non-hydrogen) atoms. The monoisotopic (exact) mass is 285 g/mol. The second-order valence-electron chi connectivity index (χ2n) is 5.30. The molecular weight excluding hydrogens is 262 g/mol. The lowest BCUT2D eigenvalue weighted by atomic mass is 9.97. The molecule has 1 aliphatic rings. The van der Waals surface area contributed by atoms with Gasteiger partial charge in [-0.15, -0.1) is 0 Å². The number of piperidine rings is 1. The second kappa shape index (κ2) is 7.12. The molecule has 1 fully saturated rings. The number of carbonyl (C=O) groups is 3. The molecule has 7 nitrogen and oxygen atoms in total. The number of carbonyl (C=O) groups excluding carboxylic acids is 3. The highest BCUT2D eigenvalue weighted by molar-refractivity contribution is 5.90. The minimum Gasteiger partial charge on any atom is -0.467 e. The van der Waals surface area contributed by atoms with Crippen LogP contribution in [0.5, 0.6) is 0 Å². The topological polar surface area (TPSA) is 102 Å². The molecular formula is C13H23N3O4. The molecule has 0 radical (unpaired) electrons. The molecule has 1 heterocycles. The van der Waals surface area contributed by atoms with Crippen molar-refractivity contribution in [3.8, 4) is 0 Å². The third-order valence-corrected chi connectivity index (χ3v) is 3.49. The molecule has 0 saturated carbocycles. The molecule has 2 atom stereocenters. The van der Waals surface area contributed by atoms with E-state index in [0.717, 1.165) is 12.8 Å². The summed E-state index contributed by atoms with van der Waals surface area (Å²) in [7, 11) is 1.31. The van der Waals surface area contributed by atoms with E-state index in [1.54, 1.807) is 0 Å². The fraction of sp³-hybridized carbons (Fsp3) is 0.769. The number of hydrogen-bond donors (Lipinski definition) is 2. The molecule has 0 aliphatic carbocycles. The van der Waals surface area contributed by atoms with Crippen LogP contribution in [0.1, 0.15) is 33.1 Å². The van der Waals surface area contributed by atoms with Crippen LogP contribution in [-0.2, 0) is 14.3 Å². The van der Waals surface area contributed by atoms with Crippen LogP contribution in [0.25, 0.3) is 0 Å². The Morgan fingerprint density at radius 3 is 2.45 bits per heavy atom. The van der Waals surface area contributed by atoms with Crippen molar-refractivity contribution in [3.63, 3.8) is 0 Å². The molecule has 0 bridgehead atoms. The fourth-order valence-corrected chi connectivity index (χ4v) is 2.42. The van der Waals surface area contributed by atoms with Crippen LogP contribution in [0.3, 0.4) is 0 Å². The van der Waals surface area contributed by atoms with Crippen molar-refractivity contribution in [3.05, 3.63) is 0 Å². The summed E-state index contributed by atoms with van der Waals surface area (Å²) in [5, 5.41) is 2.45. The molecule has 1 aliphatic heterocycles. The number of primary amides is 1. The molecule has 0 aromatic rings. The summed E-state index contributed by atoms with van der Waals surface area (Å²) in [6, 6.07) is -2.04. The smallest absolute Gasteiger partial charge is 0.328 e. The van der Waals surface area contributed by atoms with E-state index in [0.29, 0.717) is 13.0 Å². The van der Waals surface area contributed by atoms with Gasteiger partial charge in [-0.3, -0.25) is 4.79 Å². The first-order chi connectivity index (χ1) is 9.38. The van der Waals surface area contributed by atoms with Gasteiger partial charge in [0.2, 0.25) is 5.91 Å². The molecule has 0 aromatic carbocycles. The van der Waals surface area contributed by atoms with Gasteiger partial charge in [-0.2, -0.15) is 0 Å². The standard InChI is InChI=1S/C13H23N3O4/c1-8(2)10(15-13(14)19)11(17)16-7-5-4-6-9(16)12(18)20-3/h8-10H,4-7H2,1-3H3,(H3,14,15,19)/t9-,10?/m1/s1. The maximum absolute atomic E-state index is 12.6. The number of rotatable bonds is 4. The van der Waals surface area contributed by atoms with Gasteiger partial charge in [-0.1, -0.05) is 13.8 Å². The summed E-state index contributed by atoms with van der Waals surface area (Å²) in [6.07, 6.45) is 2.29. The van der Waals surface area contributed by atoms with E-state index < -0.39 is 24.1 Å². The highest BCUT2D eigenvalue weighted by Crippen LogP contribution is 2.20. The molecule has 114 valence electrons. The van der Waals surface area contributed by atoms with Gasteiger partial charge in [0.05, 0.1) is 7.11 Å². The first-order valence-corrected chi connectivity index (χ1v) is 6.82. The average molecular weight is 285 g/mol. The van der Waals surface area contributed by atoms with Gasteiger partial charge in [-0.25, -0.2) is 9.59 Å². The van der Waals surface area contributed by atoms with E-state index in [1.807, 2.05) is 13.8 Å². The largest absolute Gasteiger partial charge is 0.467 e. The number of nitrogens with zero attached hydrogens (tertiary/aromatic N) is 1. The van der Waals surface area contributed by atoms with Crippen molar-refractivity contribution in [2.45, 2.75) is 45.2 Å². The Kier molecular flexibility index (Phi) is 5.79. The van der Waals surface area contributed by atoms with Crippen LogP contribution in [0, 0.1) is 5.92 Å². The zero-order valence-corrected chi connectivity index (χ0v) is 12.2. The van der Waals surface area contributed by atoms with Gasteiger partial charge < -0.3 is 20.7 Å². The predicted molar refractivity (Wildman–Crippen MR) is 72.7 cm³/mol. The van der Waals surface area contributed by atoms with E-state index >= 15 is 0 Å². The van der Waals surface area contributed by atoms with Crippen molar-refractivity contribution in [1.82, 2.24) is 10.2 Å². The fourth-order valence-electron chi connectivity index (χ4n) is 2.42. The molecule has 0 spiro atoms. The van der Waals surface area contributed by atoms with E-state index in [2.05, 4.69) is 5.32 Å². The van der Waals surface area contributed by atoms with Crippen molar-refractivity contribution in [2.24, 2.45) is 11.7 Å². The highest BCUT2D eigenvalue weighted by atomic mass is 16.5. The number of nitrogens with one attached hydrogen (secondary N) is 1. The Morgan fingerprint density at radius 2 is 1.95 bits per heavy atom. The van der Waals surface area contributed by atoms with Crippen LogP contribution in [0.15, 0.2) is 0 Å². The number of ether oxygens (including phenoxy) is 1. The molecule has 3 amide bonds. The number of methoxy groups -OCH3 is 1. The number of urea groups is 1. The molecule has 3 N–H and O–H groups in total. The Hall–Kier alpha value is -1.79. The van der Waals surface area contributed by atoms with Crippen LogP contribution in [0.4, 0.5) is 4.79 Å². The van der Waals surface area contributed by atoms with Crippen molar-refractivity contribution < 1.29 is 19.1 Å². The maximum atomic E-state index is 12.6. The zero-order chi connectivity index (χ0) is 15.3. The zero-order valence-electron chi connectivity index (χ0n) is 12.2. The number of hydrogen-bond acceptors (Lipinski definition) is 4. The minimum atomic E-state index is -0.747. The Morgan fingerprint density at radius 1 is 1.30 bits per heavy atom. The van der Waals surface area contributed by atoms with Gasteiger partial charge in [-0.05, 0) is 25.2 Å². The van der Waals surface area contributed by atoms with Crippen LogP contribution < -0.4 is 11.1 Å². The van der Waals surface area contributed by atoms with E-state index in [-0.39, 0.29) is 11.8 Å². The summed E-state index contributed by atoms with van der Waals surface area (Å²) < 4.78 is 4.75. The number of amides is 3. The number of esters is 1. The molecule has 1 unspecified atom stereocenters. The quantitative estimate of drug-likeness (QED) is 0.722. The lowest BCUT2D eigenvalue weighted by molar-refractivity contribution is -0.155. The first kappa shape index (κ1) is 16.3. The summed E-state index contributed by atoms with van der Waals surface area (Å²) in [5.41, 5.74) is 5.11. The van der Waals surface area contributed by atoms with Gasteiger partial charge in [0.25, 0.3) is 0 Å². The molecule has 1 rings (SSSR count). The maximum Gasteiger partial charge on any atom is 0.328 e. The summed E-state index contributed by atoms with van der Waals surface area (Å²) >= 11 is 0. The Bertz CT molecular complexity index is 384. The first-order valence-electron chi connectivity index (χ1n) is 6.82. The Labute approximate surface area is 118 Å². The van der Waals surface area contributed by atoms with Gasteiger partial charge in [0.15, 0.2) is 0 Å². The second-order valence-corrected chi connectivity index (χ2v) is 5.30. The van der Waals surface area contributed by atoms with Crippen LogP contribution in [0.2, 0.25) is 0 Å². The normalized spacial score (nSPS) is 20.4. The van der Waals surface area contributed by atoms with Crippen molar-refractivity contribution in [2.75, 3.05) is 13.7 Å². The third-order valence-electron chi connectivity index (χ3n) is 3.49. The van der Waals surface area contributed by atoms with Crippen LogP contribution in [-0.4, -0.2) is 48.5 Å². The summed E-state index contributed by atoms with van der Waals surface area (Å²) in [6.45, 7) is 4.12. The van der Waals surface area contributed by atoms with Crippen LogP contribution >= 0.6 is 0 Å². The lowest BCUT2D eigenvalue weighted by Crippen LogP contribution is -2.57. The van der Waals surface area contributed by atoms with E-state index in [9.17, 15) is 14.4 Å². The van der Waals surface area contributed by atoms with E-state index in [4.69, 9.17) is 10.5 Å². The molecule has 0 aromatic heterocycles. The van der Waals surface area contributed by atoms with Gasteiger partial charge in [0.1, 0.15) is 12.1 Å². The Balaban J connectivity index is 2.89. The average Bonchev–Trinajstić information content (AvgIpc) is 2.42. The number of likely N-dealkylation sites (tertiary alicyclic amines) is 1. The predicted octanol–water partition coefficient (Wildman–Crippen LogP) is 0.233. The lowest BCUT2D eigenvalue weighted by Gasteiger charge is -2.37. The highest BCUT2D eigenvalue weighted by Gasteiger charge is 2.37. The van der Waals surface area contributed by atoms with Crippen molar-refractivity contribution in [1.29, 1.82) is 0 Å². The third kappa shape index (κ3) is 3.85. The molecule has 1 saturated heterocycles. The summed E-state index contributed by atoms with van der Waals surface area (Å²) in [4.78, 5) is 36.8. The van der Waals surface area contributed by atoms with Gasteiger partial charge >= 0.3 is 12.0 Å². The SMILES string of the molecule is COC(=O)[C@H]1CCCCN1C(=O)C(NC(N)=O)C(C)C. The molecule has 7 heteroatoms. The van der Waals surface area contributed by atoms with Gasteiger partial charge in [0, 0.05) is 6.54 Å².